The summed E-state index contributed by atoms with van der Waals surface area (Å²) in [6.45, 7) is 0. The number of aliphatic hydroxyl groups excluding tert-OH is 1. The molecule has 2 unspecified atom stereocenters. The van der Waals surface area contributed by atoms with E-state index in [9.17, 15) is 18.7 Å². The second-order valence-corrected chi connectivity index (χ2v) is 5.75. The van der Waals surface area contributed by atoms with Crippen molar-refractivity contribution in [3.8, 4) is 0 Å². The molecule has 5 heteroatoms. The maximum Gasteiger partial charge on any atom is 0.220 e. The summed E-state index contributed by atoms with van der Waals surface area (Å²) in [5.74, 6) is -1.56. The quantitative estimate of drug-likeness (QED) is 0.911. The largest absolute Gasteiger partial charge is 0.390 e. The first-order chi connectivity index (χ1) is 11.0. The van der Waals surface area contributed by atoms with E-state index in [4.69, 9.17) is 0 Å². The smallest absolute Gasteiger partial charge is 0.220 e. The van der Waals surface area contributed by atoms with Gasteiger partial charge in [-0.3, -0.25) is 4.79 Å². The van der Waals surface area contributed by atoms with Crippen molar-refractivity contribution < 1.29 is 18.7 Å². The highest BCUT2D eigenvalue weighted by Gasteiger charge is 2.31. The van der Waals surface area contributed by atoms with Crippen molar-refractivity contribution in [3.05, 3.63) is 70.8 Å². The second kappa shape index (κ2) is 6.46. The minimum absolute atomic E-state index is 0.0773. The number of hydrogen-bond acceptors (Lipinski definition) is 2. The molecule has 0 bridgehead atoms. The van der Waals surface area contributed by atoms with E-state index < -0.39 is 23.8 Å². The number of aliphatic hydroxyl groups is 1. The molecule has 0 saturated heterocycles. The third kappa shape index (κ3) is 3.40. The van der Waals surface area contributed by atoms with Crippen LogP contribution >= 0.6 is 0 Å². The van der Waals surface area contributed by atoms with E-state index >= 15 is 0 Å². The Morgan fingerprint density at radius 3 is 2.78 bits per heavy atom. The summed E-state index contributed by atoms with van der Waals surface area (Å²) in [5, 5.41) is 12.9. The van der Waals surface area contributed by atoms with E-state index in [1.807, 2.05) is 24.3 Å². The summed E-state index contributed by atoms with van der Waals surface area (Å²) >= 11 is 0. The molecule has 2 N–H and O–H groups in total. The molecular weight excluding hydrogens is 300 g/mol. The second-order valence-electron chi connectivity index (χ2n) is 5.75. The van der Waals surface area contributed by atoms with Crippen molar-refractivity contribution in [2.45, 2.75) is 31.4 Å². The van der Waals surface area contributed by atoms with Crippen LogP contribution < -0.4 is 5.32 Å². The van der Waals surface area contributed by atoms with Gasteiger partial charge in [0.25, 0.3) is 0 Å². The summed E-state index contributed by atoms with van der Waals surface area (Å²) in [7, 11) is 0. The zero-order valence-electron chi connectivity index (χ0n) is 12.4. The Hall–Kier alpha value is -2.27. The lowest BCUT2D eigenvalue weighted by molar-refractivity contribution is -0.122. The van der Waals surface area contributed by atoms with Crippen LogP contribution in [0.15, 0.2) is 42.5 Å². The van der Waals surface area contributed by atoms with Crippen molar-refractivity contribution in [3.63, 3.8) is 0 Å². The van der Waals surface area contributed by atoms with Gasteiger partial charge in [-0.25, -0.2) is 8.78 Å². The molecule has 0 heterocycles. The molecule has 1 aliphatic rings. The van der Waals surface area contributed by atoms with Gasteiger partial charge in [0, 0.05) is 18.9 Å². The van der Waals surface area contributed by atoms with Crippen LogP contribution in [0.1, 0.15) is 29.2 Å². The van der Waals surface area contributed by atoms with Gasteiger partial charge in [-0.1, -0.05) is 30.3 Å². The van der Waals surface area contributed by atoms with Gasteiger partial charge >= 0.3 is 0 Å². The number of hydrogen-bond donors (Lipinski definition) is 2. The molecule has 0 aliphatic heterocycles. The number of aryl methyl sites for hydroxylation is 1. The third-order valence-corrected chi connectivity index (χ3v) is 4.16. The van der Waals surface area contributed by atoms with Crippen LogP contribution in [0.2, 0.25) is 0 Å². The lowest BCUT2D eigenvalue weighted by atomic mass is 10.1. The van der Waals surface area contributed by atoms with E-state index in [-0.39, 0.29) is 18.7 Å². The van der Waals surface area contributed by atoms with E-state index in [1.54, 1.807) is 0 Å². The first-order valence-corrected chi connectivity index (χ1v) is 7.54. The van der Waals surface area contributed by atoms with Crippen LogP contribution in [-0.2, 0) is 17.6 Å². The molecule has 0 spiro atoms. The van der Waals surface area contributed by atoms with Gasteiger partial charge in [-0.05, 0) is 29.2 Å². The van der Waals surface area contributed by atoms with E-state index in [1.165, 1.54) is 12.1 Å². The van der Waals surface area contributed by atoms with Crippen LogP contribution in [0.4, 0.5) is 8.78 Å². The lowest BCUT2D eigenvalue weighted by Crippen LogP contribution is -2.34. The van der Waals surface area contributed by atoms with Crippen LogP contribution in [0.3, 0.4) is 0 Å². The summed E-state index contributed by atoms with van der Waals surface area (Å²) in [6, 6.07) is 10.5. The molecule has 3 nitrogen and oxygen atoms in total. The topological polar surface area (TPSA) is 49.3 Å². The number of nitrogens with one attached hydrogen (secondary N) is 1. The van der Waals surface area contributed by atoms with Gasteiger partial charge < -0.3 is 10.4 Å². The van der Waals surface area contributed by atoms with Gasteiger partial charge in [0.1, 0.15) is 11.6 Å². The van der Waals surface area contributed by atoms with Gasteiger partial charge in [-0.2, -0.15) is 0 Å². The Morgan fingerprint density at radius 1 is 1.22 bits per heavy atom. The van der Waals surface area contributed by atoms with Gasteiger partial charge in [0.15, 0.2) is 0 Å². The maximum atomic E-state index is 13.6. The molecule has 2 aromatic carbocycles. The fourth-order valence-corrected chi connectivity index (χ4v) is 2.97. The Morgan fingerprint density at radius 2 is 2.00 bits per heavy atom. The molecule has 120 valence electrons. The third-order valence-electron chi connectivity index (χ3n) is 4.16. The average Bonchev–Trinajstić information content (AvgIpc) is 2.82. The SMILES string of the molecule is O=C(CCc1ccc(F)cc1F)NC1c2ccccc2CC1O. The van der Waals surface area contributed by atoms with Crippen molar-refractivity contribution in [1.82, 2.24) is 5.32 Å². The molecule has 23 heavy (non-hydrogen) atoms. The van der Waals surface area contributed by atoms with Crippen molar-refractivity contribution in [2.24, 2.45) is 0 Å². The number of benzene rings is 2. The monoisotopic (exact) mass is 317 g/mol. The van der Waals surface area contributed by atoms with Crippen molar-refractivity contribution in [1.29, 1.82) is 0 Å². The molecule has 0 fully saturated rings. The molecule has 1 aliphatic carbocycles. The molecule has 3 rings (SSSR count). The molecule has 2 aromatic rings. The number of fused-ring (bicyclic) bond motifs is 1. The van der Waals surface area contributed by atoms with Crippen molar-refractivity contribution in [2.75, 3.05) is 0 Å². The summed E-state index contributed by atoms with van der Waals surface area (Å²) in [4.78, 5) is 12.1. The summed E-state index contributed by atoms with van der Waals surface area (Å²) in [6.07, 6.45) is 0.114. The number of carbonyl (C=O) groups is 1. The van der Waals surface area contributed by atoms with Gasteiger partial charge in [0.05, 0.1) is 12.1 Å². The average molecular weight is 317 g/mol. The molecular formula is C18H17F2NO2. The fourth-order valence-electron chi connectivity index (χ4n) is 2.97. The predicted octanol–water partition coefficient (Wildman–Crippen LogP) is 2.67. The zero-order valence-corrected chi connectivity index (χ0v) is 12.4. The van der Waals surface area contributed by atoms with Crippen LogP contribution in [-0.4, -0.2) is 17.1 Å². The number of carbonyl (C=O) groups excluding carboxylic acids is 1. The minimum atomic E-state index is -0.654. The highest BCUT2D eigenvalue weighted by atomic mass is 19.1. The Balaban J connectivity index is 1.62. The van der Waals surface area contributed by atoms with Crippen molar-refractivity contribution >= 4 is 5.91 Å². The standard InChI is InChI=1S/C18H17F2NO2/c19-13-7-5-11(15(20)10-13)6-8-17(23)21-18-14-4-2-1-3-12(14)9-16(18)22/h1-5,7,10,16,18,22H,6,8-9H2,(H,21,23). The summed E-state index contributed by atoms with van der Waals surface area (Å²) < 4.78 is 26.4. The predicted molar refractivity (Wildman–Crippen MR) is 81.7 cm³/mol. The van der Waals surface area contributed by atoms with Gasteiger partial charge in [0.2, 0.25) is 5.91 Å². The number of halogens is 2. The van der Waals surface area contributed by atoms with E-state index in [2.05, 4.69) is 5.32 Å². The normalized spacial score (nSPS) is 19.4. The molecule has 0 aromatic heterocycles. The number of rotatable bonds is 4. The molecule has 0 radical (unpaired) electrons. The summed E-state index contributed by atoms with van der Waals surface area (Å²) in [5.41, 5.74) is 2.24. The fraction of sp³-hybridized carbons (Fsp3) is 0.278. The van der Waals surface area contributed by atoms with Crippen LogP contribution in [0.5, 0.6) is 0 Å². The maximum absolute atomic E-state index is 13.6. The number of amides is 1. The molecule has 2 atom stereocenters. The van der Waals surface area contributed by atoms with Crippen LogP contribution in [0, 0.1) is 11.6 Å². The van der Waals surface area contributed by atoms with E-state index in [0.29, 0.717) is 12.0 Å². The highest BCUT2D eigenvalue weighted by molar-refractivity contribution is 5.77. The highest BCUT2D eigenvalue weighted by Crippen LogP contribution is 2.31. The Kier molecular flexibility index (Phi) is 4.39. The Bertz CT molecular complexity index is 733. The molecule has 0 saturated carbocycles. The first-order valence-electron chi connectivity index (χ1n) is 7.54. The minimum Gasteiger partial charge on any atom is -0.390 e. The van der Waals surface area contributed by atoms with Gasteiger partial charge in [-0.15, -0.1) is 0 Å². The zero-order chi connectivity index (χ0) is 16.4. The first kappa shape index (κ1) is 15.6. The van der Waals surface area contributed by atoms with Crippen LogP contribution in [0.25, 0.3) is 0 Å². The Labute approximate surface area is 133 Å². The lowest BCUT2D eigenvalue weighted by Gasteiger charge is -2.18. The van der Waals surface area contributed by atoms with E-state index in [0.717, 1.165) is 17.2 Å². The molecule has 1 amide bonds.